The molecular formula is C16H24N2O4S. The number of carboxylic acid groups (broad SMARTS) is 2. The maximum absolute atomic E-state index is 11.5. The van der Waals surface area contributed by atoms with E-state index in [0.717, 1.165) is 10.6 Å². The smallest absolute Gasteiger partial charge is 0.321 e. The molecule has 2 atom stereocenters. The second-order valence-electron chi connectivity index (χ2n) is 5.90. The Morgan fingerprint density at radius 3 is 2.39 bits per heavy atom. The Morgan fingerprint density at radius 1 is 1.30 bits per heavy atom. The highest BCUT2D eigenvalue weighted by molar-refractivity contribution is 7.10. The van der Waals surface area contributed by atoms with Gasteiger partial charge in [-0.15, -0.1) is 11.3 Å². The lowest BCUT2D eigenvalue weighted by atomic mass is 10.0. The molecule has 0 fully saturated rings. The lowest BCUT2D eigenvalue weighted by Crippen LogP contribution is -2.48. The molecule has 0 amide bonds. The van der Waals surface area contributed by atoms with Crippen molar-refractivity contribution in [2.24, 2.45) is 5.92 Å². The van der Waals surface area contributed by atoms with Crippen LogP contribution in [0.2, 0.25) is 0 Å². The van der Waals surface area contributed by atoms with Crippen LogP contribution in [0.4, 0.5) is 0 Å². The van der Waals surface area contributed by atoms with Crippen molar-refractivity contribution in [2.45, 2.75) is 52.6 Å². The Hall–Kier alpha value is -1.73. The number of carbonyl (C=O) groups is 2. The van der Waals surface area contributed by atoms with Crippen LogP contribution in [-0.4, -0.2) is 39.2 Å². The molecule has 1 aromatic rings. The third kappa shape index (κ3) is 6.11. The molecule has 0 saturated heterocycles. The van der Waals surface area contributed by atoms with Gasteiger partial charge < -0.3 is 10.2 Å². The average Bonchev–Trinajstić information content (AvgIpc) is 2.92. The summed E-state index contributed by atoms with van der Waals surface area (Å²) in [6.45, 7) is 7.67. The fourth-order valence-electron chi connectivity index (χ4n) is 2.09. The lowest BCUT2D eigenvalue weighted by Gasteiger charge is -2.21. The van der Waals surface area contributed by atoms with Crippen LogP contribution in [0.3, 0.4) is 0 Å². The van der Waals surface area contributed by atoms with E-state index in [9.17, 15) is 19.8 Å². The van der Waals surface area contributed by atoms with Crippen LogP contribution in [-0.2, 0) is 16.0 Å². The molecule has 23 heavy (non-hydrogen) atoms. The number of nitrogens with zero attached hydrogens (tertiary/aromatic N) is 1. The number of nitrogens with one attached hydrogen (secondary N) is 1. The van der Waals surface area contributed by atoms with Crippen molar-refractivity contribution in [1.82, 2.24) is 10.3 Å². The molecule has 1 rings (SSSR count). The van der Waals surface area contributed by atoms with E-state index in [1.807, 2.05) is 39.2 Å². The molecule has 0 aromatic carbocycles. The second kappa shape index (κ2) is 8.79. The predicted molar refractivity (Wildman–Crippen MR) is 90.6 cm³/mol. The minimum Gasteiger partial charge on any atom is -0.480 e. The number of aliphatic carboxylic acids is 2. The van der Waals surface area contributed by atoms with Crippen LogP contribution in [0.1, 0.15) is 44.8 Å². The van der Waals surface area contributed by atoms with Gasteiger partial charge in [0.05, 0.1) is 5.69 Å². The zero-order valence-corrected chi connectivity index (χ0v) is 14.7. The number of thiazole rings is 1. The van der Waals surface area contributed by atoms with Crippen LogP contribution in [0.5, 0.6) is 0 Å². The van der Waals surface area contributed by atoms with Crippen molar-refractivity contribution in [2.75, 3.05) is 0 Å². The highest BCUT2D eigenvalue weighted by atomic mass is 32.1. The Morgan fingerprint density at radius 2 is 1.91 bits per heavy atom. The molecule has 0 bridgehead atoms. The SMILES string of the molecule is C/C=C(\C)c1nc(C[C@H](NC(CC(C)C)C(=O)O)C(=O)O)cs1. The third-order valence-electron chi connectivity index (χ3n) is 3.44. The normalized spacial score (nSPS) is 14.7. The first-order valence-electron chi connectivity index (χ1n) is 7.53. The van der Waals surface area contributed by atoms with E-state index in [1.165, 1.54) is 11.3 Å². The van der Waals surface area contributed by atoms with Crippen LogP contribution < -0.4 is 5.32 Å². The summed E-state index contributed by atoms with van der Waals surface area (Å²) in [4.78, 5) is 27.2. The van der Waals surface area contributed by atoms with Crippen LogP contribution in [0.25, 0.3) is 5.57 Å². The second-order valence-corrected chi connectivity index (χ2v) is 6.76. The van der Waals surface area contributed by atoms with Crippen LogP contribution in [0, 0.1) is 5.92 Å². The summed E-state index contributed by atoms with van der Waals surface area (Å²) in [7, 11) is 0. The minimum atomic E-state index is -1.07. The van der Waals surface area contributed by atoms with Gasteiger partial charge in [-0.25, -0.2) is 4.98 Å². The standard InChI is InChI=1S/C16H24N2O4S/c1-5-10(4)14-17-11(8-23-14)7-13(16(21)22)18-12(15(19)20)6-9(2)3/h5,8-9,12-13,18H,6-7H2,1-4H3,(H,19,20)(H,21,22)/b10-5+/t12?,13-/m0/s1. The van der Waals surface area contributed by atoms with E-state index in [4.69, 9.17) is 0 Å². The molecule has 0 aliphatic heterocycles. The van der Waals surface area contributed by atoms with Gasteiger partial charge in [0, 0.05) is 11.8 Å². The molecule has 1 unspecified atom stereocenters. The number of allylic oxidation sites excluding steroid dienone is 2. The van der Waals surface area contributed by atoms with Crippen molar-refractivity contribution >= 4 is 28.8 Å². The fourth-order valence-corrected chi connectivity index (χ4v) is 2.96. The quantitative estimate of drug-likeness (QED) is 0.639. The Kier molecular flexibility index (Phi) is 7.38. The Bertz CT molecular complexity index is 580. The van der Waals surface area contributed by atoms with Crippen LogP contribution >= 0.6 is 11.3 Å². The molecule has 0 radical (unpaired) electrons. The van der Waals surface area contributed by atoms with Gasteiger partial charge in [0.15, 0.2) is 0 Å². The number of rotatable bonds is 9. The average molecular weight is 340 g/mol. The number of hydrogen-bond donors (Lipinski definition) is 3. The van der Waals surface area contributed by atoms with Crippen molar-refractivity contribution in [3.8, 4) is 0 Å². The molecule has 1 aromatic heterocycles. The van der Waals surface area contributed by atoms with Crippen molar-refractivity contribution < 1.29 is 19.8 Å². The molecule has 7 heteroatoms. The first-order valence-corrected chi connectivity index (χ1v) is 8.41. The first-order chi connectivity index (χ1) is 10.7. The summed E-state index contributed by atoms with van der Waals surface area (Å²) in [6.07, 6.45) is 2.47. The molecule has 128 valence electrons. The molecular weight excluding hydrogens is 316 g/mol. The minimum absolute atomic E-state index is 0.154. The molecule has 0 aliphatic rings. The van der Waals surface area contributed by atoms with Gasteiger partial charge in [0.2, 0.25) is 0 Å². The largest absolute Gasteiger partial charge is 0.480 e. The zero-order valence-electron chi connectivity index (χ0n) is 13.9. The monoisotopic (exact) mass is 340 g/mol. The van der Waals surface area contributed by atoms with Gasteiger partial charge in [-0.05, 0) is 31.8 Å². The van der Waals surface area contributed by atoms with Crippen molar-refractivity contribution in [1.29, 1.82) is 0 Å². The van der Waals surface area contributed by atoms with Crippen molar-refractivity contribution in [3.05, 3.63) is 22.2 Å². The van der Waals surface area contributed by atoms with E-state index in [2.05, 4.69) is 10.3 Å². The van der Waals surface area contributed by atoms with Gasteiger partial charge in [-0.3, -0.25) is 14.9 Å². The topological polar surface area (TPSA) is 99.5 Å². The van der Waals surface area contributed by atoms with E-state index >= 15 is 0 Å². The summed E-state index contributed by atoms with van der Waals surface area (Å²) in [6, 6.07) is -1.86. The predicted octanol–water partition coefficient (Wildman–Crippen LogP) is 2.65. The lowest BCUT2D eigenvalue weighted by molar-refractivity contribution is -0.142. The first kappa shape index (κ1) is 19.3. The summed E-state index contributed by atoms with van der Waals surface area (Å²) in [5.74, 6) is -1.95. The zero-order chi connectivity index (χ0) is 17.6. The Labute approximate surface area is 140 Å². The number of hydrogen-bond acceptors (Lipinski definition) is 5. The molecule has 0 spiro atoms. The van der Waals surface area contributed by atoms with Gasteiger partial charge in [-0.2, -0.15) is 0 Å². The van der Waals surface area contributed by atoms with E-state index in [-0.39, 0.29) is 12.3 Å². The molecule has 1 heterocycles. The molecule has 0 saturated carbocycles. The van der Waals surface area contributed by atoms with Gasteiger partial charge in [0.25, 0.3) is 0 Å². The number of carboxylic acids is 2. The highest BCUT2D eigenvalue weighted by Crippen LogP contribution is 2.20. The Balaban J connectivity index is 2.84. The fraction of sp³-hybridized carbons (Fsp3) is 0.562. The highest BCUT2D eigenvalue weighted by Gasteiger charge is 2.27. The summed E-state index contributed by atoms with van der Waals surface area (Å²) in [5, 5.41) is 24.0. The maximum atomic E-state index is 11.5. The molecule has 6 nitrogen and oxygen atoms in total. The maximum Gasteiger partial charge on any atom is 0.321 e. The summed E-state index contributed by atoms with van der Waals surface area (Å²) < 4.78 is 0. The van der Waals surface area contributed by atoms with E-state index < -0.39 is 24.0 Å². The van der Waals surface area contributed by atoms with Gasteiger partial charge >= 0.3 is 11.9 Å². The van der Waals surface area contributed by atoms with Gasteiger partial charge in [0.1, 0.15) is 17.1 Å². The molecule has 3 N–H and O–H groups in total. The molecule has 0 aliphatic carbocycles. The third-order valence-corrected chi connectivity index (χ3v) is 4.47. The summed E-state index contributed by atoms with van der Waals surface area (Å²) in [5.41, 5.74) is 1.68. The van der Waals surface area contributed by atoms with E-state index in [0.29, 0.717) is 12.1 Å². The van der Waals surface area contributed by atoms with Gasteiger partial charge in [-0.1, -0.05) is 19.9 Å². The van der Waals surface area contributed by atoms with Crippen LogP contribution in [0.15, 0.2) is 11.5 Å². The van der Waals surface area contributed by atoms with E-state index in [1.54, 1.807) is 0 Å². The van der Waals surface area contributed by atoms with Crippen molar-refractivity contribution in [3.63, 3.8) is 0 Å². The summed E-state index contributed by atoms with van der Waals surface area (Å²) >= 11 is 1.46. The number of aromatic nitrogens is 1.